The Labute approximate surface area is 138 Å². The molecule has 0 saturated carbocycles. The van der Waals surface area contributed by atoms with Crippen LogP contribution in [0.5, 0.6) is 5.88 Å². The van der Waals surface area contributed by atoms with Crippen molar-refractivity contribution in [3.8, 4) is 5.88 Å². The van der Waals surface area contributed by atoms with Crippen LogP contribution in [0, 0.1) is 6.92 Å². The molecule has 0 aliphatic carbocycles. The predicted molar refractivity (Wildman–Crippen MR) is 87.9 cm³/mol. The van der Waals surface area contributed by atoms with Crippen LogP contribution in [-0.2, 0) is 4.74 Å². The lowest BCUT2D eigenvalue weighted by atomic mass is 9.98. The highest BCUT2D eigenvalue weighted by atomic mass is 32.1. The fourth-order valence-corrected chi connectivity index (χ4v) is 4.19. The van der Waals surface area contributed by atoms with E-state index in [2.05, 4.69) is 34.0 Å². The van der Waals surface area contributed by atoms with Gasteiger partial charge in [0.2, 0.25) is 10.8 Å². The van der Waals surface area contributed by atoms with E-state index in [4.69, 9.17) is 4.74 Å². The van der Waals surface area contributed by atoms with Gasteiger partial charge in [0, 0.05) is 13.1 Å². The van der Waals surface area contributed by atoms with E-state index in [0.29, 0.717) is 18.2 Å². The quantitative estimate of drug-likeness (QED) is 0.798. The lowest BCUT2D eigenvalue weighted by molar-refractivity contribution is 0.0240. The van der Waals surface area contributed by atoms with Crippen LogP contribution < -0.4 is 0 Å². The molecule has 1 unspecified atom stereocenters. The van der Waals surface area contributed by atoms with Gasteiger partial charge in [-0.2, -0.15) is 9.61 Å². The second-order valence-corrected chi connectivity index (χ2v) is 6.66. The molecule has 0 radical (unpaired) electrons. The van der Waals surface area contributed by atoms with Crippen molar-refractivity contribution in [3.63, 3.8) is 0 Å². The van der Waals surface area contributed by atoms with E-state index in [1.807, 2.05) is 12.1 Å². The number of fused-ring (bicyclic) bond motifs is 1. The molecule has 1 atom stereocenters. The van der Waals surface area contributed by atoms with Crippen molar-refractivity contribution in [2.24, 2.45) is 0 Å². The SMILES string of the molecule is Cc1ccccc1C(c1sc2ncnn2c1O)N1CCOCC1. The van der Waals surface area contributed by atoms with Crippen molar-refractivity contribution in [1.29, 1.82) is 0 Å². The van der Waals surface area contributed by atoms with Gasteiger partial charge in [-0.05, 0) is 18.1 Å². The molecule has 0 bridgehead atoms. The van der Waals surface area contributed by atoms with Crippen molar-refractivity contribution in [1.82, 2.24) is 19.5 Å². The van der Waals surface area contributed by atoms with Crippen molar-refractivity contribution in [3.05, 3.63) is 46.6 Å². The minimum absolute atomic E-state index is 0.00593. The minimum Gasteiger partial charge on any atom is -0.492 e. The molecule has 1 aliphatic heterocycles. The molecular weight excluding hydrogens is 312 g/mol. The molecule has 1 fully saturated rings. The van der Waals surface area contributed by atoms with Crippen molar-refractivity contribution >= 4 is 16.3 Å². The Balaban J connectivity index is 1.85. The topological polar surface area (TPSA) is 62.9 Å². The van der Waals surface area contributed by atoms with Gasteiger partial charge in [0.15, 0.2) is 0 Å². The first kappa shape index (κ1) is 14.6. The molecule has 3 aromatic rings. The van der Waals surface area contributed by atoms with Crippen molar-refractivity contribution in [2.45, 2.75) is 13.0 Å². The second kappa shape index (κ2) is 5.92. The summed E-state index contributed by atoms with van der Waals surface area (Å²) >= 11 is 1.49. The van der Waals surface area contributed by atoms with Crippen molar-refractivity contribution < 1.29 is 9.84 Å². The Morgan fingerprint density at radius 1 is 1.26 bits per heavy atom. The van der Waals surface area contributed by atoms with E-state index in [9.17, 15) is 5.11 Å². The molecule has 1 aromatic carbocycles. The summed E-state index contributed by atoms with van der Waals surface area (Å²) in [4.78, 5) is 8.17. The third-order valence-electron chi connectivity index (χ3n) is 4.28. The number of hydrogen-bond donors (Lipinski definition) is 1. The first-order chi connectivity index (χ1) is 11.3. The monoisotopic (exact) mass is 330 g/mol. The number of rotatable bonds is 3. The van der Waals surface area contributed by atoms with Crippen LogP contribution in [0.15, 0.2) is 30.6 Å². The maximum atomic E-state index is 10.6. The zero-order chi connectivity index (χ0) is 15.8. The summed E-state index contributed by atoms with van der Waals surface area (Å²) in [6.07, 6.45) is 1.47. The van der Waals surface area contributed by atoms with E-state index in [0.717, 1.165) is 18.0 Å². The lowest BCUT2D eigenvalue weighted by Gasteiger charge is -2.34. The highest BCUT2D eigenvalue weighted by Crippen LogP contribution is 2.40. The summed E-state index contributed by atoms with van der Waals surface area (Å²) in [5, 5.41) is 14.7. The number of benzene rings is 1. The van der Waals surface area contributed by atoms with Gasteiger partial charge in [-0.1, -0.05) is 35.6 Å². The summed E-state index contributed by atoms with van der Waals surface area (Å²) in [7, 11) is 0. The maximum Gasteiger partial charge on any atom is 0.230 e. The molecule has 1 N–H and O–H groups in total. The van der Waals surface area contributed by atoms with Crippen LogP contribution in [0.4, 0.5) is 0 Å². The van der Waals surface area contributed by atoms with E-state index in [-0.39, 0.29) is 11.9 Å². The van der Waals surface area contributed by atoms with E-state index >= 15 is 0 Å². The molecule has 7 heteroatoms. The largest absolute Gasteiger partial charge is 0.492 e. The Kier molecular flexibility index (Phi) is 3.76. The van der Waals surface area contributed by atoms with E-state index in [1.165, 1.54) is 33.3 Å². The normalized spacial score (nSPS) is 17.6. The number of hydrogen-bond acceptors (Lipinski definition) is 6. The zero-order valence-corrected chi connectivity index (χ0v) is 13.7. The smallest absolute Gasteiger partial charge is 0.230 e. The molecule has 4 rings (SSSR count). The molecular formula is C16H18N4O2S. The van der Waals surface area contributed by atoms with E-state index < -0.39 is 0 Å². The van der Waals surface area contributed by atoms with Gasteiger partial charge in [-0.3, -0.25) is 4.90 Å². The van der Waals surface area contributed by atoms with Gasteiger partial charge in [-0.15, -0.1) is 0 Å². The lowest BCUT2D eigenvalue weighted by Crippen LogP contribution is -2.39. The molecule has 1 aliphatic rings. The van der Waals surface area contributed by atoms with Crippen molar-refractivity contribution in [2.75, 3.05) is 26.3 Å². The Hall–Kier alpha value is -1.96. The second-order valence-electron chi connectivity index (χ2n) is 5.65. The van der Waals surface area contributed by atoms with Crippen LogP contribution in [0.25, 0.3) is 4.96 Å². The molecule has 0 amide bonds. The third-order valence-corrected chi connectivity index (χ3v) is 5.37. The molecule has 120 valence electrons. The number of aromatic nitrogens is 3. The van der Waals surface area contributed by atoms with Gasteiger partial charge in [-0.25, -0.2) is 4.98 Å². The zero-order valence-electron chi connectivity index (χ0n) is 12.8. The van der Waals surface area contributed by atoms with Crippen LogP contribution in [0.3, 0.4) is 0 Å². The highest BCUT2D eigenvalue weighted by molar-refractivity contribution is 7.17. The fourth-order valence-electron chi connectivity index (χ4n) is 3.11. The number of aryl methyl sites for hydroxylation is 1. The van der Waals surface area contributed by atoms with Crippen LogP contribution >= 0.6 is 11.3 Å². The maximum absolute atomic E-state index is 10.6. The number of ether oxygens (including phenoxy) is 1. The summed E-state index contributed by atoms with van der Waals surface area (Å²) in [5.41, 5.74) is 2.41. The van der Waals surface area contributed by atoms with Gasteiger partial charge in [0.05, 0.1) is 24.1 Å². The van der Waals surface area contributed by atoms with Crippen LogP contribution in [0.2, 0.25) is 0 Å². The van der Waals surface area contributed by atoms with Gasteiger partial charge >= 0.3 is 0 Å². The van der Waals surface area contributed by atoms with E-state index in [1.54, 1.807) is 0 Å². The minimum atomic E-state index is -0.00593. The Morgan fingerprint density at radius 3 is 2.78 bits per heavy atom. The highest BCUT2D eigenvalue weighted by Gasteiger charge is 2.30. The summed E-state index contributed by atoms with van der Waals surface area (Å²) in [6, 6.07) is 8.32. The summed E-state index contributed by atoms with van der Waals surface area (Å²) in [5.74, 6) is 0.183. The molecule has 2 aromatic heterocycles. The van der Waals surface area contributed by atoms with Gasteiger partial charge < -0.3 is 9.84 Å². The molecule has 1 saturated heterocycles. The fraction of sp³-hybridized carbons (Fsp3) is 0.375. The number of nitrogens with zero attached hydrogens (tertiary/aromatic N) is 4. The van der Waals surface area contributed by atoms with Gasteiger partial charge in [0.1, 0.15) is 6.33 Å². The number of aromatic hydroxyl groups is 1. The standard InChI is InChI=1S/C16H18N4O2S/c1-11-4-2-3-5-12(11)13(19-6-8-22-9-7-19)14-15(21)20-16(23-14)17-10-18-20/h2-5,10,13,21H,6-9H2,1H3. The molecule has 0 spiro atoms. The average Bonchev–Trinajstić information content (AvgIpc) is 3.15. The first-order valence-corrected chi connectivity index (χ1v) is 8.46. The molecule has 6 nitrogen and oxygen atoms in total. The summed E-state index contributed by atoms with van der Waals surface area (Å²) < 4.78 is 7.00. The number of morpholine rings is 1. The van der Waals surface area contributed by atoms with Gasteiger partial charge in [0.25, 0.3) is 0 Å². The predicted octanol–water partition coefficient (Wildman–Crippen LogP) is 2.23. The molecule has 23 heavy (non-hydrogen) atoms. The third kappa shape index (κ3) is 2.50. The average molecular weight is 330 g/mol. The first-order valence-electron chi connectivity index (χ1n) is 7.64. The van der Waals surface area contributed by atoms with Crippen LogP contribution in [0.1, 0.15) is 22.0 Å². The van der Waals surface area contributed by atoms with Crippen LogP contribution in [-0.4, -0.2) is 50.9 Å². The summed E-state index contributed by atoms with van der Waals surface area (Å²) in [6.45, 7) is 5.21. The Bertz CT molecular complexity index is 822. The molecule has 3 heterocycles. The number of thiazole rings is 1. The Morgan fingerprint density at radius 2 is 2.04 bits per heavy atom.